The summed E-state index contributed by atoms with van der Waals surface area (Å²) in [6, 6.07) is 4.78. The van der Waals surface area contributed by atoms with Crippen molar-refractivity contribution in [2.24, 2.45) is 5.92 Å². The first-order valence-corrected chi connectivity index (χ1v) is 9.89. The summed E-state index contributed by atoms with van der Waals surface area (Å²) in [5.41, 5.74) is -0.0298. The predicted molar refractivity (Wildman–Crippen MR) is 107 cm³/mol. The Hall–Kier alpha value is -2.42. The molecule has 0 bridgehead atoms. The number of aryl methyl sites for hydroxylation is 1. The van der Waals surface area contributed by atoms with Gasteiger partial charge in [-0.25, -0.2) is 14.4 Å². The number of rotatable bonds is 4. The molecule has 3 rings (SSSR count). The van der Waals surface area contributed by atoms with E-state index in [9.17, 15) is 22.7 Å². The molecule has 0 radical (unpaired) electrons. The molecule has 1 unspecified atom stereocenters. The molecule has 5 nitrogen and oxygen atoms in total. The van der Waals surface area contributed by atoms with Gasteiger partial charge >= 0.3 is 6.18 Å². The highest BCUT2D eigenvalue weighted by atomic mass is 19.4. The van der Waals surface area contributed by atoms with Crippen molar-refractivity contribution in [3.63, 3.8) is 0 Å². The molecule has 0 spiro atoms. The van der Waals surface area contributed by atoms with Crippen LogP contribution in [0.25, 0.3) is 0 Å². The van der Waals surface area contributed by atoms with Gasteiger partial charge in [-0.1, -0.05) is 13.8 Å². The van der Waals surface area contributed by atoms with Crippen LogP contribution in [0.2, 0.25) is 0 Å². The molecule has 1 saturated heterocycles. The van der Waals surface area contributed by atoms with Crippen LogP contribution < -0.4 is 9.80 Å². The fourth-order valence-electron chi connectivity index (χ4n) is 3.74. The van der Waals surface area contributed by atoms with Crippen LogP contribution in [-0.2, 0) is 6.18 Å². The van der Waals surface area contributed by atoms with Gasteiger partial charge in [-0.2, -0.15) is 13.2 Å². The summed E-state index contributed by atoms with van der Waals surface area (Å²) in [5, 5.41) is 9.69. The number of alkyl halides is 3. The van der Waals surface area contributed by atoms with E-state index in [0.29, 0.717) is 25.2 Å². The third-order valence-electron chi connectivity index (χ3n) is 5.47. The first-order chi connectivity index (χ1) is 14.0. The van der Waals surface area contributed by atoms with Gasteiger partial charge in [0.25, 0.3) is 0 Å². The van der Waals surface area contributed by atoms with Gasteiger partial charge in [-0.15, -0.1) is 0 Å². The summed E-state index contributed by atoms with van der Waals surface area (Å²) >= 11 is 0. The van der Waals surface area contributed by atoms with E-state index in [-0.39, 0.29) is 29.3 Å². The monoisotopic (exact) mass is 426 g/mol. The van der Waals surface area contributed by atoms with Gasteiger partial charge in [0.1, 0.15) is 5.82 Å². The quantitative estimate of drug-likeness (QED) is 0.737. The molecule has 1 aliphatic rings. The lowest BCUT2D eigenvalue weighted by Crippen LogP contribution is -2.56. The molecule has 2 atom stereocenters. The van der Waals surface area contributed by atoms with Crippen molar-refractivity contribution >= 4 is 11.6 Å². The van der Waals surface area contributed by atoms with Gasteiger partial charge in [0.15, 0.2) is 5.69 Å². The summed E-state index contributed by atoms with van der Waals surface area (Å²) in [6.07, 6.45) is -4.96. The Morgan fingerprint density at radius 2 is 1.87 bits per heavy atom. The number of halogens is 4. The highest BCUT2D eigenvalue weighted by Gasteiger charge is 2.39. The van der Waals surface area contributed by atoms with E-state index in [4.69, 9.17) is 0 Å². The Balaban J connectivity index is 1.92. The van der Waals surface area contributed by atoms with Gasteiger partial charge in [0, 0.05) is 37.1 Å². The van der Waals surface area contributed by atoms with Crippen LogP contribution in [0, 0.1) is 18.7 Å². The number of aromatic nitrogens is 2. The van der Waals surface area contributed by atoms with Crippen molar-refractivity contribution in [1.82, 2.24) is 9.97 Å². The minimum atomic E-state index is -4.69. The van der Waals surface area contributed by atoms with E-state index in [0.717, 1.165) is 11.9 Å². The highest BCUT2D eigenvalue weighted by molar-refractivity contribution is 5.51. The zero-order valence-electron chi connectivity index (χ0n) is 17.4. The molecule has 1 aromatic heterocycles. The summed E-state index contributed by atoms with van der Waals surface area (Å²) in [5.74, 6) is -0.159. The van der Waals surface area contributed by atoms with E-state index in [1.54, 1.807) is 24.0 Å². The minimum absolute atomic E-state index is 0.000335. The van der Waals surface area contributed by atoms with E-state index in [1.165, 1.54) is 13.0 Å². The Morgan fingerprint density at radius 3 is 2.43 bits per heavy atom. The largest absolute Gasteiger partial charge is 0.433 e. The number of aliphatic hydroxyl groups excluding tert-OH is 1. The Labute approximate surface area is 173 Å². The molecule has 1 fully saturated rings. The number of hydrogen-bond donors (Lipinski definition) is 1. The van der Waals surface area contributed by atoms with Crippen LogP contribution in [0.3, 0.4) is 0 Å². The Morgan fingerprint density at radius 1 is 1.17 bits per heavy atom. The number of aliphatic hydroxyl groups is 1. The molecule has 0 saturated carbocycles. The standard InChI is InChI=1S/C21H26F4N4O/c1-12(2)18-11-28(15-5-6-17(22)13(3)9-15)7-8-29(18)20-26-10-16(14(4)30)19(27-20)21(23,24)25/h5-6,9-10,12,14,18,30H,7-8,11H2,1-4H3/t14?,18-/m0/s1. The average molecular weight is 426 g/mol. The van der Waals surface area contributed by atoms with E-state index >= 15 is 0 Å². The van der Waals surface area contributed by atoms with E-state index in [2.05, 4.69) is 14.9 Å². The second kappa shape index (κ2) is 8.37. The molecule has 9 heteroatoms. The average Bonchev–Trinajstić information content (AvgIpc) is 2.68. The van der Waals surface area contributed by atoms with Crippen molar-refractivity contribution in [3.8, 4) is 0 Å². The lowest BCUT2D eigenvalue weighted by Gasteiger charge is -2.44. The van der Waals surface area contributed by atoms with Crippen LogP contribution >= 0.6 is 0 Å². The first kappa shape index (κ1) is 22.3. The van der Waals surface area contributed by atoms with Crippen LogP contribution in [0.4, 0.5) is 29.2 Å². The highest BCUT2D eigenvalue weighted by Crippen LogP contribution is 2.35. The summed E-state index contributed by atoms with van der Waals surface area (Å²) in [6.45, 7) is 8.45. The third kappa shape index (κ3) is 4.50. The fraction of sp³-hybridized carbons (Fsp3) is 0.524. The van der Waals surface area contributed by atoms with Crippen LogP contribution in [0.15, 0.2) is 24.4 Å². The predicted octanol–water partition coefficient (Wildman–Crippen LogP) is 4.35. The van der Waals surface area contributed by atoms with Crippen molar-refractivity contribution in [2.45, 2.75) is 46.0 Å². The van der Waals surface area contributed by atoms with Gasteiger partial charge in [-0.3, -0.25) is 0 Å². The normalized spacial score (nSPS) is 18.8. The number of benzene rings is 1. The van der Waals surface area contributed by atoms with Crippen LogP contribution in [0.1, 0.15) is 43.7 Å². The Kier molecular flexibility index (Phi) is 6.21. The number of hydrogen-bond acceptors (Lipinski definition) is 5. The second-order valence-electron chi connectivity index (χ2n) is 8.03. The van der Waals surface area contributed by atoms with E-state index in [1.807, 2.05) is 13.8 Å². The molecule has 1 N–H and O–H groups in total. The van der Waals surface area contributed by atoms with Crippen molar-refractivity contribution in [1.29, 1.82) is 0 Å². The van der Waals surface area contributed by atoms with E-state index < -0.39 is 18.0 Å². The fourth-order valence-corrected chi connectivity index (χ4v) is 3.74. The maximum Gasteiger partial charge on any atom is 0.433 e. The maximum atomic E-state index is 13.6. The van der Waals surface area contributed by atoms with Gasteiger partial charge in [0.05, 0.1) is 12.1 Å². The lowest BCUT2D eigenvalue weighted by atomic mass is 9.99. The van der Waals surface area contributed by atoms with Crippen LogP contribution in [-0.4, -0.2) is 40.8 Å². The van der Waals surface area contributed by atoms with Gasteiger partial charge in [0.2, 0.25) is 5.95 Å². The smallest absolute Gasteiger partial charge is 0.389 e. The van der Waals surface area contributed by atoms with Gasteiger partial charge in [-0.05, 0) is 43.5 Å². The number of piperazine rings is 1. The Bertz CT molecular complexity index is 901. The SMILES string of the molecule is Cc1cc(N2CCN(c3ncc(C(C)O)c(C(F)(F)F)n3)[C@H](C(C)C)C2)ccc1F. The minimum Gasteiger partial charge on any atom is -0.389 e. The summed E-state index contributed by atoms with van der Waals surface area (Å²) < 4.78 is 54.1. The number of nitrogens with zero attached hydrogens (tertiary/aromatic N) is 4. The molecule has 1 aliphatic heterocycles. The van der Waals surface area contributed by atoms with Crippen molar-refractivity contribution in [2.75, 3.05) is 29.4 Å². The maximum absolute atomic E-state index is 13.6. The summed E-state index contributed by atoms with van der Waals surface area (Å²) in [7, 11) is 0. The molecule has 2 aromatic rings. The van der Waals surface area contributed by atoms with Crippen molar-refractivity contribution < 1.29 is 22.7 Å². The molecule has 0 aliphatic carbocycles. The molecule has 164 valence electrons. The zero-order chi connectivity index (χ0) is 22.2. The molecule has 2 heterocycles. The molecular weight excluding hydrogens is 400 g/mol. The number of anilines is 2. The molecule has 30 heavy (non-hydrogen) atoms. The third-order valence-corrected chi connectivity index (χ3v) is 5.47. The lowest BCUT2D eigenvalue weighted by molar-refractivity contribution is -0.142. The first-order valence-electron chi connectivity index (χ1n) is 9.89. The topological polar surface area (TPSA) is 52.5 Å². The van der Waals surface area contributed by atoms with Crippen LogP contribution in [0.5, 0.6) is 0 Å². The second-order valence-corrected chi connectivity index (χ2v) is 8.03. The molecule has 1 aromatic carbocycles. The molecular formula is C21H26F4N4O. The van der Waals surface area contributed by atoms with Gasteiger partial charge < -0.3 is 14.9 Å². The van der Waals surface area contributed by atoms with Crippen molar-refractivity contribution in [3.05, 3.63) is 47.0 Å². The zero-order valence-corrected chi connectivity index (χ0v) is 17.4. The molecule has 0 amide bonds. The summed E-state index contributed by atoms with van der Waals surface area (Å²) in [4.78, 5) is 11.8.